The van der Waals surface area contributed by atoms with Crippen molar-refractivity contribution in [1.82, 2.24) is 4.31 Å². The molecule has 6 nitrogen and oxygen atoms in total. The van der Waals surface area contributed by atoms with Gasteiger partial charge in [0.1, 0.15) is 0 Å². The van der Waals surface area contributed by atoms with Gasteiger partial charge in [0.05, 0.1) is 16.3 Å². The number of anilines is 1. The molecule has 0 bridgehead atoms. The van der Waals surface area contributed by atoms with Crippen molar-refractivity contribution in [1.29, 1.82) is 0 Å². The zero-order valence-corrected chi connectivity index (χ0v) is 18.1. The lowest BCUT2D eigenvalue weighted by Crippen LogP contribution is -2.38. The first-order chi connectivity index (χ1) is 13.1. The smallest absolute Gasteiger partial charge is 0.243 e. The molecule has 1 heterocycles. The van der Waals surface area contributed by atoms with Crippen molar-refractivity contribution in [2.24, 2.45) is 0 Å². The molecule has 0 saturated carbocycles. The van der Waals surface area contributed by atoms with Gasteiger partial charge in [-0.3, -0.25) is 4.31 Å². The predicted octanol–water partition coefficient (Wildman–Crippen LogP) is 3.05. The van der Waals surface area contributed by atoms with Crippen molar-refractivity contribution in [2.75, 3.05) is 23.7 Å². The maximum atomic E-state index is 13.2. The van der Waals surface area contributed by atoms with E-state index in [0.717, 1.165) is 12.0 Å². The van der Waals surface area contributed by atoms with E-state index in [1.165, 1.54) is 8.61 Å². The average molecular weight is 423 g/mol. The second-order valence-corrected chi connectivity index (χ2v) is 11.2. The minimum absolute atomic E-state index is 0.130. The first-order valence-corrected chi connectivity index (χ1v) is 12.3. The molecule has 2 aromatic carbocycles. The van der Waals surface area contributed by atoms with Gasteiger partial charge in [-0.15, -0.1) is 0 Å². The van der Waals surface area contributed by atoms with Gasteiger partial charge in [-0.25, -0.2) is 16.8 Å². The Morgan fingerprint density at radius 1 is 1.04 bits per heavy atom. The van der Waals surface area contributed by atoms with E-state index in [9.17, 15) is 16.8 Å². The summed E-state index contributed by atoms with van der Waals surface area (Å²) in [5.41, 5.74) is 2.55. The number of hydrogen-bond acceptors (Lipinski definition) is 4. The summed E-state index contributed by atoms with van der Waals surface area (Å²) in [6.07, 6.45) is 1.46. The molecule has 0 aliphatic carbocycles. The van der Waals surface area contributed by atoms with Gasteiger partial charge in [0.25, 0.3) is 0 Å². The molecule has 0 radical (unpaired) electrons. The molecule has 8 heteroatoms. The van der Waals surface area contributed by atoms with Crippen LogP contribution in [-0.2, 0) is 26.6 Å². The van der Waals surface area contributed by atoms with Crippen LogP contribution in [0.25, 0.3) is 0 Å². The van der Waals surface area contributed by atoms with Crippen LogP contribution in [0.2, 0.25) is 0 Å². The molecular formula is C20H26N2O4S2. The number of aryl methyl sites for hydroxylation is 2. The van der Waals surface area contributed by atoms with Crippen LogP contribution in [0.5, 0.6) is 0 Å². The van der Waals surface area contributed by atoms with E-state index in [4.69, 9.17) is 0 Å². The number of benzene rings is 2. The Labute approximate surface area is 167 Å². The van der Waals surface area contributed by atoms with Crippen molar-refractivity contribution >= 4 is 25.7 Å². The number of rotatable bonds is 5. The molecule has 0 unspecified atom stereocenters. The summed E-state index contributed by atoms with van der Waals surface area (Å²) in [5, 5.41) is 0. The summed E-state index contributed by atoms with van der Waals surface area (Å²) < 4.78 is 53.9. The first kappa shape index (κ1) is 20.8. The van der Waals surface area contributed by atoms with Crippen molar-refractivity contribution < 1.29 is 16.8 Å². The maximum Gasteiger partial charge on any atom is 0.243 e. The molecule has 0 spiro atoms. The Hall–Kier alpha value is -1.90. The molecule has 0 aromatic heterocycles. The Kier molecular flexibility index (Phi) is 5.84. The quantitative estimate of drug-likeness (QED) is 0.742. The van der Waals surface area contributed by atoms with E-state index >= 15 is 0 Å². The third-order valence-corrected chi connectivity index (χ3v) is 8.98. The van der Waals surface area contributed by atoms with Crippen LogP contribution < -0.4 is 4.31 Å². The molecule has 3 rings (SSSR count). The van der Waals surface area contributed by atoms with Crippen LogP contribution in [0.15, 0.2) is 47.4 Å². The fraction of sp³-hybridized carbons (Fsp3) is 0.400. The minimum Gasteiger partial charge on any atom is -0.270 e. The Balaban J connectivity index is 1.96. The van der Waals surface area contributed by atoms with Crippen molar-refractivity contribution in [3.63, 3.8) is 0 Å². The Morgan fingerprint density at radius 2 is 1.64 bits per heavy atom. The molecule has 1 fully saturated rings. The van der Waals surface area contributed by atoms with Crippen LogP contribution in [0.3, 0.4) is 0 Å². The van der Waals surface area contributed by atoms with E-state index < -0.39 is 20.0 Å². The third-order valence-electron chi connectivity index (χ3n) is 5.00. The first-order valence-electron chi connectivity index (χ1n) is 9.25. The summed E-state index contributed by atoms with van der Waals surface area (Å²) in [4.78, 5) is 0.240. The molecule has 2 aromatic rings. The van der Waals surface area contributed by atoms with Crippen LogP contribution in [-0.4, -0.2) is 40.5 Å². The van der Waals surface area contributed by atoms with E-state index in [0.29, 0.717) is 29.8 Å². The number of hydrogen-bond donors (Lipinski definition) is 0. The van der Waals surface area contributed by atoms with Gasteiger partial charge in [0.2, 0.25) is 20.0 Å². The molecule has 0 atom stereocenters. The second-order valence-electron chi connectivity index (χ2n) is 7.25. The lowest BCUT2D eigenvalue weighted by atomic mass is 10.1. The zero-order chi connectivity index (χ0) is 20.5. The van der Waals surface area contributed by atoms with Crippen molar-refractivity contribution in [2.45, 2.75) is 38.1 Å². The van der Waals surface area contributed by atoms with E-state index in [-0.39, 0.29) is 17.2 Å². The molecule has 28 heavy (non-hydrogen) atoms. The monoisotopic (exact) mass is 422 g/mol. The number of sulfonamides is 2. The summed E-state index contributed by atoms with van der Waals surface area (Å²) in [6.45, 7) is 4.14. The van der Waals surface area contributed by atoms with Gasteiger partial charge in [0.15, 0.2) is 0 Å². The highest BCUT2D eigenvalue weighted by atomic mass is 32.2. The van der Waals surface area contributed by atoms with Crippen LogP contribution in [0.4, 0.5) is 5.69 Å². The molecule has 0 amide bonds. The van der Waals surface area contributed by atoms with Crippen molar-refractivity contribution in [3.8, 4) is 0 Å². The largest absolute Gasteiger partial charge is 0.270 e. The van der Waals surface area contributed by atoms with Crippen LogP contribution >= 0.6 is 0 Å². The second kappa shape index (κ2) is 7.85. The lowest BCUT2D eigenvalue weighted by molar-refractivity contribution is 0.466. The van der Waals surface area contributed by atoms with E-state index in [1.807, 2.05) is 30.3 Å². The number of nitrogens with zero attached hydrogens (tertiary/aromatic N) is 2. The van der Waals surface area contributed by atoms with Crippen LogP contribution in [0, 0.1) is 13.8 Å². The summed E-state index contributed by atoms with van der Waals surface area (Å²) in [5.74, 6) is 0.130. The fourth-order valence-electron chi connectivity index (χ4n) is 3.64. The predicted molar refractivity (Wildman–Crippen MR) is 111 cm³/mol. The molecule has 1 aliphatic heterocycles. The zero-order valence-electron chi connectivity index (χ0n) is 16.4. The van der Waals surface area contributed by atoms with Gasteiger partial charge in [-0.05, 0) is 55.5 Å². The SMILES string of the molecule is Cc1cc(N2CCCCS2(=O)=O)cc(C)c1S(=O)(=O)N(C)Cc1ccccc1. The van der Waals surface area contributed by atoms with Gasteiger partial charge >= 0.3 is 0 Å². The van der Waals surface area contributed by atoms with Gasteiger partial charge in [-0.2, -0.15) is 4.31 Å². The highest BCUT2D eigenvalue weighted by molar-refractivity contribution is 7.92. The summed E-state index contributed by atoms with van der Waals surface area (Å²) in [7, 11) is -5.49. The van der Waals surface area contributed by atoms with Gasteiger partial charge in [-0.1, -0.05) is 30.3 Å². The molecule has 1 aliphatic rings. The maximum absolute atomic E-state index is 13.2. The average Bonchev–Trinajstić information content (AvgIpc) is 2.61. The summed E-state index contributed by atoms with van der Waals surface area (Å²) in [6, 6.07) is 12.7. The van der Waals surface area contributed by atoms with Gasteiger partial charge < -0.3 is 0 Å². The third kappa shape index (κ3) is 4.09. The minimum atomic E-state index is -3.71. The molecule has 1 saturated heterocycles. The molecular weight excluding hydrogens is 396 g/mol. The van der Waals surface area contributed by atoms with E-state index in [1.54, 1.807) is 33.0 Å². The Morgan fingerprint density at radius 3 is 2.21 bits per heavy atom. The lowest BCUT2D eigenvalue weighted by Gasteiger charge is -2.29. The molecule has 0 N–H and O–H groups in total. The topological polar surface area (TPSA) is 74.8 Å². The fourth-order valence-corrected chi connectivity index (χ4v) is 6.82. The summed E-state index contributed by atoms with van der Waals surface area (Å²) >= 11 is 0. The van der Waals surface area contributed by atoms with Gasteiger partial charge in [0, 0.05) is 20.1 Å². The highest BCUT2D eigenvalue weighted by Crippen LogP contribution is 2.31. The van der Waals surface area contributed by atoms with E-state index in [2.05, 4.69) is 0 Å². The highest BCUT2D eigenvalue weighted by Gasteiger charge is 2.29. The van der Waals surface area contributed by atoms with Crippen LogP contribution in [0.1, 0.15) is 29.5 Å². The standard InChI is InChI=1S/C20H26N2O4S2/c1-16-13-19(22-11-7-8-12-27(22,23)24)14-17(2)20(16)28(25,26)21(3)15-18-9-5-4-6-10-18/h4-6,9-10,13-14H,7-8,11-12,15H2,1-3H3. The normalized spacial score (nSPS) is 17.1. The Bertz CT molecular complexity index is 1040. The molecule has 152 valence electrons. The van der Waals surface area contributed by atoms with Crippen molar-refractivity contribution in [3.05, 3.63) is 59.2 Å².